The molecular weight excluding hydrogens is 362 g/mol. The topological polar surface area (TPSA) is 63.7 Å². The SMILES string of the molecule is CC[C@H](C)N(Cc1cccc(OS(=O)(=O)CC)c1)C(=O)c1ccc(C)cc1. The summed E-state index contributed by atoms with van der Waals surface area (Å²) in [6.07, 6.45) is 0.817. The van der Waals surface area contributed by atoms with Crippen LogP contribution >= 0.6 is 0 Å². The van der Waals surface area contributed by atoms with E-state index < -0.39 is 10.1 Å². The summed E-state index contributed by atoms with van der Waals surface area (Å²) in [6.45, 7) is 7.94. The molecule has 2 rings (SSSR count). The second-order valence-electron chi connectivity index (χ2n) is 6.63. The number of rotatable bonds is 8. The molecule has 27 heavy (non-hydrogen) atoms. The van der Waals surface area contributed by atoms with Crippen LogP contribution in [-0.2, 0) is 16.7 Å². The normalized spacial score (nSPS) is 12.4. The van der Waals surface area contributed by atoms with Crippen molar-refractivity contribution in [3.05, 3.63) is 65.2 Å². The number of nitrogens with zero attached hydrogens (tertiary/aromatic N) is 1. The Morgan fingerprint density at radius 3 is 2.37 bits per heavy atom. The molecule has 6 heteroatoms. The minimum Gasteiger partial charge on any atom is -0.382 e. The van der Waals surface area contributed by atoms with Crippen molar-refractivity contribution < 1.29 is 17.4 Å². The second kappa shape index (κ2) is 9.04. The molecule has 0 aliphatic rings. The fraction of sp³-hybridized carbons (Fsp3) is 0.381. The van der Waals surface area contributed by atoms with Crippen molar-refractivity contribution in [2.45, 2.75) is 46.7 Å². The van der Waals surface area contributed by atoms with E-state index in [1.165, 1.54) is 6.92 Å². The van der Waals surface area contributed by atoms with E-state index >= 15 is 0 Å². The van der Waals surface area contributed by atoms with Gasteiger partial charge < -0.3 is 9.08 Å². The van der Waals surface area contributed by atoms with E-state index in [0.29, 0.717) is 12.1 Å². The van der Waals surface area contributed by atoms with Gasteiger partial charge in [-0.2, -0.15) is 8.42 Å². The Kier molecular flexibility index (Phi) is 7.02. The van der Waals surface area contributed by atoms with Crippen LogP contribution in [0.2, 0.25) is 0 Å². The summed E-state index contributed by atoms with van der Waals surface area (Å²) in [4.78, 5) is 14.8. The van der Waals surface area contributed by atoms with Crippen LogP contribution < -0.4 is 4.18 Å². The standard InChI is InChI=1S/C21H27NO4S/c1-5-17(4)22(21(23)19-12-10-16(3)11-13-19)15-18-8-7-9-20(14-18)26-27(24,25)6-2/h7-14,17H,5-6,15H2,1-4H3/t17-/m0/s1. The summed E-state index contributed by atoms with van der Waals surface area (Å²) in [7, 11) is -3.58. The highest BCUT2D eigenvalue weighted by Crippen LogP contribution is 2.20. The monoisotopic (exact) mass is 389 g/mol. The fourth-order valence-electron chi connectivity index (χ4n) is 2.61. The molecule has 1 amide bonds. The third kappa shape index (κ3) is 5.82. The molecule has 0 spiro atoms. The average molecular weight is 390 g/mol. The molecule has 146 valence electrons. The molecule has 2 aromatic rings. The zero-order valence-electron chi connectivity index (χ0n) is 16.3. The maximum absolute atomic E-state index is 13.0. The lowest BCUT2D eigenvalue weighted by molar-refractivity contribution is 0.0671. The summed E-state index contributed by atoms with van der Waals surface area (Å²) in [5, 5.41) is 0. The third-order valence-corrected chi connectivity index (χ3v) is 5.66. The molecule has 0 bridgehead atoms. The number of amides is 1. The number of carbonyl (C=O) groups excluding carboxylic acids is 1. The van der Waals surface area contributed by atoms with Gasteiger partial charge in [-0.05, 0) is 57.0 Å². The Hall–Kier alpha value is -2.34. The largest absolute Gasteiger partial charge is 0.382 e. The van der Waals surface area contributed by atoms with Gasteiger partial charge >= 0.3 is 10.1 Å². The Balaban J connectivity index is 2.26. The highest BCUT2D eigenvalue weighted by molar-refractivity contribution is 7.87. The molecule has 5 nitrogen and oxygen atoms in total. The quantitative estimate of drug-likeness (QED) is 0.636. The molecule has 0 aliphatic carbocycles. The van der Waals surface area contributed by atoms with Crippen LogP contribution in [-0.4, -0.2) is 31.0 Å². The highest BCUT2D eigenvalue weighted by atomic mass is 32.2. The third-order valence-electron chi connectivity index (χ3n) is 4.51. The molecule has 0 unspecified atom stereocenters. The molecule has 2 aromatic carbocycles. The molecule has 0 saturated heterocycles. The molecule has 0 radical (unpaired) electrons. The first-order valence-electron chi connectivity index (χ1n) is 9.14. The lowest BCUT2D eigenvalue weighted by Crippen LogP contribution is -2.37. The van der Waals surface area contributed by atoms with Gasteiger partial charge in [-0.25, -0.2) is 0 Å². The Bertz CT molecular complexity index is 875. The minimum absolute atomic E-state index is 0.0442. The van der Waals surface area contributed by atoms with E-state index in [2.05, 4.69) is 0 Å². The second-order valence-corrected chi connectivity index (χ2v) is 8.49. The molecule has 1 atom stereocenters. The zero-order chi connectivity index (χ0) is 20.0. The van der Waals surface area contributed by atoms with E-state index in [-0.39, 0.29) is 23.5 Å². The summed E-state index contributed by atoms with van der Waals surface area (Å²) in [5.41, 5.74) is 2.56. The van der Waals surface area contributed by atoms with E-state index in [4.69, 9.17) is 4.18 Å². The van der Waals surface area contributed by atoms with Crippen molar-refractivity contribution in [3.63, 3.8) is 0 Å². The highest BCUT2D eigenvalue weighted by Gasteiger charge is 2.21. The number of carbonyl (C=O) groups is 1. The summed E-state index contributed by atoms with van der Waals surface area (Å²) in [5.74, 6) is 0.125. The number of benzene rings is 2. The van der Waals surface area contributed by atoms with Gasteiger partial charge in [0.1, 0.15) is 5.75 Å². The lowest BCUT2D eigenvalue weighted by Gasteiger charge is -2.29. The maximum Gasteiger partial charge on any atom is 0.308 e. The van der Waals surface area contributed by atoms with E-state index in [1.54, 1.807) is 23.1 Å². The number of hydrogen-bond acceptors (Lipinski definition) is 4. The van der Waals surface area contributed by atoms with Crippen molar-refractivity contribution in [1.82, 2.24) is 4.90 Å². The van der Waals surface area contributed by atoms with Crippen molar-refractivity contribution in [1.29, 1.82) is 0 Å². The molecular formula is C21H27NO4S. The molecule has 0 aromatic heterocycles. The minimum atomic E-state index is -3.58. The Labute approximate surface area is 162 Å². The van der Waals surface area contributed by atoms with Gasteiger partial charge in [0.2, 0.25) is 0 Å². The van der Waals surface area contributed by atoms with Crippen molar-refractivity contribution in [2.24, 2.45) is 0 Å². The molecule has 0 aliphatic heterocycles. The Morgan fingerprint density at radius 1 is 1.11 bits per heavy atom. The van der Waals surface area contributed by atoms with Crippen LogP contribution in [0.5, 0.6) is 5.75 Å². The van der Waals surface area contributed by atoms with Crippen molar-refractivity contribution >= 4 is 16.0 Å². The van der Waals surface area contributed by atoms with E-state index in [9.17, 15) is 13.2 Å². The summed E-state index contributed by atoms with van der Waals surface area (Å²) < 4.78 is 28.5. The van der Waals surface area contributed by atoms with Gasteiger partial charge in [0, 0.05) is 18.2 Å². The van der Waals surface area contributed by atoms with Crippen LogP contribution in [0.3, 0.4) is 0 Å². The molecule has 0 heterocycles. The van der Waals surface area contributed by atoms with Gasteiger partial charge in [-0.1, -0.05) is 36.8 Å². The average Bonchev–Trinajstić information content (AvgIpc) is 2.65. The lowest BCUT2D eigenvalue weighted by atomic mass is 10.1. The Morgan fingerprint density at radius 2 is 1.78 bits per heavy atom. The van der Waals surface area contributed by atoms with Crippen molar-refractivity contribution in [2.75, 3.05) is 5.75 Å². The summed E-state index contributed by atoms with van der Waals surface area (Å²) >= 11 is 0. The van der Waals surface area contributed by atoms with Crippen LogP contribution in [0.4, 0.5) is 0 Å². The maximum atomic E-state index is 13.0. The summed E-state index contributed by atoms with van der Waals surface area (Å²) in [6, 6.07) is 14.4. The van der Waals surface area contributed by atoms with Gasteiger partial charge in [-0.3, -0.25) is 4.79 Å². The predicted molar refractivity (Wildman–Crippen MR) is 107 cm³/mol. The van der Waals surface area contributed by atoms with Crippen molar-refractivity contribution in [3.8, 4) is 5.75 Å². The van der Waals surface area contributed by atoms with Gasteiger partial charge in [0.05, 0.1) is 5.75 Å². The van der Waals surface area contributed by atoms with E-state index in [0.717, 1.165) is 17.5 Å². The number of hydrogen-bond donors (Lipinski definition) is 0. The molecule has 0 saturated carbocycles. The van der Waals surface area contributed by atoms with E-state index in [1.807, 2.05) is 51.1 Å². The van der Waals surface area contributed by atoms with Crippen LogP contribution in [0.15, 0.2) is 48.5 Å². The van der Waals surface area contributed by atoms with Crippen LogP contribution in [0, 0.1) is 6.92 Å². The number of aryl methyl sites for hydroxylation is 1. The van der Waals surface area contributed by atoms with Crippen LogP contribution in [0.1, 0.15) is 48.7 Å². The smallest absolute Gasteiger partial charge is 0.308 e. The molecule has 0 fully saturated rings. The predicted octanol–water partition coefficient (Wildman–Crippen LogP) is 4.16. The van der Waals surface area contributed by atoms with Crippen LogP contribution in [0.25, 0.3) is 0 Å². The zero-order valence-corrected chi connectivity index (χ0v) is 17.1. The van der Waals surface area contributed by atoms with Gasteiger partial charge in [0.25, 0.3) is 5.91 Å². The first kappa shape index (κ1) is 21.0. The molecule has 0 N–H and O–H groups in total. The fourth-order valence-corrected chi connectivity index (χ4v) is 3.12. The first-order valence-corrected chi connectivity index (χ1v) is 10.7. The van der Waals surface area contributed by atoms with Gasteiger partial charge in [0.15, 0.2) is 0 Å². The van der Waals surface area contributed by atoms with Gasteiger partial charge in [-0.15, -0.1) is 0 Å². The first-order chi connectivity index (χ1) is 12.8.